The third kappa shape index (κ3) is 5.52. The van der Waals surface area contributed by atoms with Crippen LogP contribution in [0.15, 0.2) is 60.6 Å². The van der Waals surface area contributed by atoms with Crippen LogP contribution in [0, 0.1) is 0 Å². The zero-order chi connectivity index (χ0) is 21.8. The second-order valence-electron chi connectivity index (χ2n) is 7.05. The highest BCUT2D eigenvalue weighted by Gasteiger charge is 2.30. The summed E-state index contributed by atoms with van der Waals surface area (Å²) in [6.07, 6.45) is 3.41. The van der Waals surface area contributed by atoms with Gasteiger partial charge in [-0.15, -0.1) is 0 Å². The highest BCUT2D eigenvalue weighted by molar-refractivity contribution is 6.29. The molecule has 1 aromatic carbocycles. The Morgan fingerprint density at radius 2 is 1.84 bits per heavy atom. The summed E-state index contributed by atoms with van der Waals surface area (Å²) >= 11 is 5.92. The van der Waals surface area contributed by atoms with Gasteiger partial charge in [-0.2, -0.15) is 13.2 Å². The number of alkyl halides is 3. The largest absolute Gasteiger partial charge is 0.439 e. The number of aromatic nitrogens is 3. The molecule has 0 aliphatic carbocycles. The quantitative estimate of drug-likeness (QED) is 0.490. The molecule has 2 aromatic heterocycles. The monoisotopic (exact) mass is 446 g/mol. The Morgan fingerprint density at radius 1 is 1.03 bits per heavy atom. The van der Waals surface area contributed by atoms with Crippen molar-refractivity contribution in [2.24, 2.45) is 0 Å². The van der Waals surface area contributed by atoms with Crippen LogP contribution < -0.4 is 9.64 Å². The van der Waals surface area contributed by atoms with Crippen molar-refractivity contribution in [1.29, 1.82) is 0 Å². The molecule has 1 aliphatic heterocycles. The summed E-state index contributed by atoms with van der Waals surface area (Å²) in [5.41, 5.74) is 1.43. The van der Waals surface area contributed by atoms with Crippen molar-refractivity contribution in [3.63, 3.8) is 0 Å². The van der Waals surface area contributed by atoms with Crippen LogP contribution in [0.1, 0.15) is 24.0 Å². The maximum Gasteiger partial charge on any atom is 0.417 e. The number of pyridine rings is 1. The minimum Gasteiger partial charge on any atom is -0.439 e. The van der Waals surface area contributed by atoms with Crippen LogP contribution in [0.4, 0.5) is 19.0 Å². The van der Waals surface area contributed by atoms with Gasteiger partial charge in [0.05, 0.1) is 18.0 Å². The number of ether oxygens (including phenoxy) is 1. The number of hydrogen-bond donors (Lipinski definition) is 0. The third-order valence-electron chi connectivity index (χ3n) is 4.84. The fraction of sp³-hybridized carbons (Fsp3) is 0.227. The van der Waals surface area contributed by atoms with Gasteiger partial charge in [-0.3, -0.25) is 4.98 Å². The van der Waals surface area contributed by atoms with Gasteiger partial charge in [0.15, 0.2) is 0 Å². The lowest BCUT2D eigenvalue weighted by Gasteiger charge is -2.29. The molecular weight excluding hydrogens is 429 g/mol. The predicted octanol–water partition coefficient (Wildman–Crippen LogP) is 6.02. The summed E-state index contributed by atoms with van der Waals surface area (Å²) in [4.78, 5) is 14.3. The number of halogens is 4. The number of piperidine rings is 1. The van der Waals surface area contributed by atoms with Crippen molar-refractivity contribution in [3.05, 3.63) is 76.8 Å². The van der Waals surface area contributed by atoms with Gasteiger partial charge in [0.25, 0.3) is 0 Å². The van der Waals surface area contributed by atoms with E-state index < -0.39 is 11.7 Å². The third-order valence-corrected chi connectivity index (χ3v) is 5.02. The molecule has 1 aliphatic rings. The molecule has 1 saturated heterocycles. The van der Waals surface area contributed by atoms with Gasteiger partial charge in [-0.25, -0.2) is 9.97 Å². The summed E-state index contributed by atoms with van der Waals surface area (Å²) in [6.45, 7) is 1.62. The van der Waals surface area contributed by atoms with Crippen molar-refractivity contribution in [1.82, 2.24) is 15.0 Å². The molecular formula is C22H18ClF3N4O. The number of hydrogen-bond acceptors (Lipinski definition) is 5. The fourth-order valence-corrected chi connectivity index (χ4v) is 3.43. The van der Waals surface area contributed by atoms with Crippen LogP contribution in [0.25, 0.3) is 6.08 Å². The highest BCUT2D eigenvalue weighted by Crippen LogP contribution is 2.30. The maximum atomic E-state index is 12.7. The van der Waals surface area contributed by atoms with Crippen molar-refractivity contribution in [3.8, 4) is 11.6 Å². The number of benzene rings is 1. The minimum atomic E-state index is -4.42. The molecule has 0 amide bonds. The average molecular weight is 447 g/mol. The molecule has 0 radical (unpaired) electrons. The molecule has 4 rings (SSSR count). The van der Waals surface area contributed by atoms with Crippen LogP contribution in [0.5, 0.6) is 11.6 Å². The van der Waals surface area contributed by atoms with Crippen LogP contribution in [-0.4, -0.2) is 28.0 Å². The first-order valence-corrected chi connectivity index (χ1v) is 9.98. The maximum absolute atomic E-state index is 12.7. The van der Waals surface area contributed by atoms with Gasteiger partial charge in [0.2, 0.25) is 5.88 Å². The lowest BCUT2D eigenvalue weighted by Crippen LogP contribution is -2.31. The zero-order valence-electron chi connectivity index (χ0n) is 16.3. The Balaban J connectivity index is 1.40. The van der Waals surface area contributed by atoms with Gasteiger partial charge in [-0.05, 0) is 36.6 Å². The summed E-state index contributed by atoms with van der Waals surface area (Å²) in [7, 11) is 0. The van der Waals surface area contributed by atoms with Gasteiger partial charge >= 0.3 is 6.18 Å². The first-order valence-electron chi connectivity index (χ1n) is 9.60. The molecule has 0 spiro atoms. The Morgan fingerprint density at radius 3 is 2.52 bits per heavy atom. The van der Waals surface area contributed by atoms with Crippen LogP contribution >= 0.6 is 11.6 Å². The van der Waals surface area contributed by atoms with Crippen molar-refractivity contribution in [2.75, 3.05) is 18.0 Å². The van der Waals surface area contributed by atoms with Crippen molar-refractivity contribution in [2.45, 2.75) is 19.0 Å². The molecule has 1 fully saturated rings. The zero-order valence-corrected chi connectivity index (χ0v) is 17.1. The summed E-state index contributed by atoms with van der Waals surface area (Å²) in [5, 5.41) is 0.373. The van der Waals surface area contributed by atoms with E-state index in [0.29, 0.717) is 10.9 Å². The molecule has 0 atom stereocenters. The second kappa shape index (κ2) is 8.93. The molecule has 0 N–H and O–H groups in total. The van der Waals surface area contributed by atoms with Gasteiger partial charge in [0.1, 0.15) is 16.7 Å². The molecule has 31 heavy (non-hydrogen) atoms. The van der Waals surface area contributed by atoms with E-state index in [0.717, 1.165) is 49.6 Å². The van der Waals surface area contributed by atoms with E-state index in [1.807, 2.05) is 18.2 Å². The Bertz CT molecular complexity index is 1080. The molecule has 3 aromatic rings. The number of rotatable bonds is 4. The number of anilines is 1. The lowest BCUT2D eigenvalue weighted by atomic mass is 10.0. The number of nitrogens with zero attached hydrogens (tertiary/aromatic N) is 4. The summed E-state index contributed by atoms with van der Waals surface area (Å²) in [6, 6.07) is 9.52. The van der Waals surface area contributed by atoms with Gasteiger partial charge < -0.3 is 9.64 Å². The normalized spacial score (nSPS) is 14.5. The fourth-order valence-electron chi connectivity index (χ4n) is 3.28. The van der Waals surface area contributed by atoms with E-state index in [1.54, 1.807) is 12.3 Å². The van der Waals surface area contributed by atoms with E-state index in [4.69, 9.17) is 16.3 Å². The average Bonchev–Trinajstić information content (AvgIpc) is 2.74. The first-order chi connectivity index (χ1) is 14.9. The van der Waals surface area contributed by atoms with E-state index in [1.165, 1.54) is 17.8 Å². The molecule has 160 valence electrons. The standard InChI is InChI=1S/C22H18ClF3N4O/c23-19-13-27-14-20(29-19)30-8-6-15(7-9-30)10-16-2-1-3-18(11-16)31-21-5-4-17(12-28-21)22(24,25)26/h1-5,10-14H,6-9H2. The molecule has 3 heterocycles. The molecule has 0 unspecified atom stereocenters. The first kappa shape index (κ1) is 21.1. The van der Waals surface area contributed by atoms with E-state index in [9.17, 15) is 13.2 Å². The van der Waals surface area contributed by atoms with E-state index >= 15 is 0 Å². The van der Waals surface area contributed by atoms with Crippen LogP contribution in [-0.2, 0) is 6.18 Å². The van der Waals surface area contributed by atoms with Crippen LogP contribution in [0.3, 0.4) is 0 Å². The summed E-state index contributed by atoms with van der Waals surface area (Å²) in [5.74, 6) is 1.38. The topological polar surface area (TPSA) is 51.1 Å². The van der Waals surface area contributed by atoms with Gasteiger partial charge in [0, 0.05) is 25.4 Å². The SMILES string of the molecule is FC(F)(F)c1ccc(Oc2cccc(C=C3CCN(c4cncc(Cl)n4)CC3)c2)nc1. The predicted molar refractivity (Wildman–Crippen MR) is 112 cm³/mol. The van der Waals surface area contributed by atoms with Crippen LogP contribution in [0.2, 0.25) is 5.15 Å². The lowest BCUT2D eigenvalue weighted by molar-refractivity contribution is -0.137. The molecule has 0 saturated carbocycles. The van der Waals surface area contributed by atoms with E-state index in [-0.39, 0.29) is 5.88 Å². The van der Waals surface area contributed by atoms with E-state index in [2.05, 4.69) is 25.9 Å². The Labute approximate surface area is 182 Å². The van der Waals surface area contributed by atoms with Gasteiger partial charge in [-0.1, -0.05) is 35.4 Å². The highest BCUT2D eigenvalue weighted by atomic mass is 35.5. The molecule has 5 nitrogen and oxygen atoms in total. The van der Waals surface area contributed by atoms with Crippen molar-refractivity contribution >= 4 is 23.5 Å². The second-order valence-corrected chi connectivity index (χ2v) is 7.43. The molecule has 9 heteroatoms. The summed E-state index contributed by atoms with van der Waals surface area (Å²) < 4.78 is 43.6. The molecule has 0 bridgehead atoms. The minimum absolute atomic E-state index is 0.105. The Kier molecular flexibility index (Phi) is 6.08. The Hall–Kier alpha value is -3.13. The van der Waals surface area contributed by atoms with Crippen molar-refractivity contribution < 1.29 is 17.9 Å². The smallest absolute Gasteiger partial charge is 0.417 e.